The fourth-order valence-electron chi connectivity index (χ4n) is 2.50. The number of hydrogen-bond donors (Lipinski definition) is 1. The Bertz CT molecular complexity index is 371. The molecule has 1 N–H and O–H groups in total. The van der Waals surface area contributed by atoms with Crippen LogP contribution in [0.15, 0.2) is 24.3 Å². The van der Waals surface area contributed by atoms with E-state index >= 15 is 0 Å². The normalized spacial score (nSPS) is 11.6. The van der Waals surface area contributed by atoms with Crippen molar-refractivity contribution in [2.24, 2.45) is 0 Å². The average molecular weight is 417 g/mol. The van der Waals surface area contributed by atoms with E-state index < -0.39 is 0 Å². The summed E-state index contributed by atoms with van der Waals surface area (Å²) in [5.74, 6) is 1.44. The van der Waals surface area contributed by atoms with Crippen LogP contribution in [0.3, 0.4) is 0 Å². The standard InChI is InChI=1S/C22H40O3S2/c1-2-3-4-5-6-7-8-9-10-11-12-13-14-15-16-17-22(24)25-19-21-27-26-20-18-23/h6-7,9-10,23H,2-5,8,11-21H2,1H3/b7-6-,10-9-. The van der Waals surface area contributed by atoms with Gasteiger partial charge in [0.1, 0.15) is 6.61 Å². The monoisotopic (exact) mass is 416 g/mol. The highest BCUT2D eigenvalue weighted by molar-refractivity contribution is 8.76. The van der Waals surface area contributed by atoms with E-state index in [1.54, 1.807) is 21.6 Å². The molecule has 0 spiro atoms. The Hall–Kier alpha value is -0.390. The van der Waals surface area contributed by atoms with Gasteiger partial charge in [-0.25, -0.2) is 0 Å². The maximum absolute atomic E-state index is 11.6. The van der Waals surface area contributed by atoms with Gasteiger partial charge >= 0.3 is 5.97 Å². The topological polar surface area (TPSA) is 46.5 Å². The van der Waals surface area contributed by atoms with E-state index in [0.717, 1.165) is 37.2 Å². The van der Waals surface area contributed by atoms with Crippen molar-refractivity contribution >= 4 is 27.6 Å². The molecule has 0 saturated heterocycles. The highest BCUT2D eigenvalue weighted by Gasteiger charge is 2.02. The van der Waals surface area contributed by atoms with Gasteiger partial charge in [0.2, 0.25) is 0 Å². The first kappa shape index (κ1) is 26.6. The molecule has 0 atom stereocenters. The summed E-state index contributed by atoms with van der Waals surface area (Å²) in [6.45, 7) is 2.91. The van der Waals surface area contributed by atoms with E-state index in [2.05, 4.69) is 31.2 Å². The summed E-state index contributed by atoms with van der Waals surface area (Å²) in [6, 6.07) is 0. The second-order valence-electron chi connectivity index (χ2n) is 6.57. The van der Waals surface area contributed by atoms with Crippen molar-refractivity contribution in [1.29, 1.82) is 0 Å². The van der Waals surface area contributed by atoms with Gasteiger partial charge in [0.25, 0.3) is 0 Å². The van der Waals surface area contributed by atoms with Crippen LogP contribution in [0.2, 0.25) is 0 Å². The van der Waals surface area contributed by atoms with Gasteiger partial charge in [-0.1, -0.05) is 84.9 Å². The van der Waals surface area contributed by atoms with Crippen LogP contribution in [0.1, 0.15) is 84.0 Å². The van der Waals surface area contributed by atoms with Crippen molar-refractivity contribution in [2.45, 2.75) is 84.0 Å². The molecule has 158 valence electrons. The van der Waals surface area contributed by atoms with E-state index in [4.69, 9.17) is 9.84 Å². The summed E-state index contributed by atoms with van der Waals surface area (Å²) in [6.07, 6.45) is 22.8. The first-order valence-electron chi connectivity index (χ1n) is 10.6. The Balaban J connectivity index is 3.25. The Kier molecular flexibility index (Phi) is 23.3. The second-order valence-corrected chi connectivity index (χ2v) is 9.27. The number of aliphatic hydroxyl groups excluding tert-OH is 1. The Morgan fingerprint density at radius 3 is 2.19 bits per heavy atom. The molecule has 0 rings (SSSR count). The number of unbranched alkanes of at least 4 members (excludes halogenated alkanes) is 8. The van der Waals surface area contributed by atoms with Crippen LogP contribution in [0.5, 0.6) is 0 Å². The average Bonchev–Trinajstić information content (AvgIpc) is 2.67. The van der Waals surface area contributed by atoms with Crippen molar-refractivity contribution < 1.29 is 14.6 Å². The Morgan fingerprint density at radius 2 is 1.48 bits per heavy atom. The van der Waals surface area contributed by atoms with Gasteiger partial charge in [-0.15, -0.1) is 0 Å². The SMILES string of the molecule is CCCCC/C=C\C/C=C\CCCCCCCC(=O)OCCSSCCO. The number of rotatable bonds is 20. The second kappa shape index (κ2) is 23.6. The van der Waals surface area contributed by atoms with E-state index in [-0.39, 0.29) is 12.6 Å². The molecule has 0 amide bonds. The fraction of sp³-hybridized carbons (Fsp3) is 0.773. The third-order valence-corrected chi connectivity index (χ3v) is 6.37. The third kappa shape index (κ3) is 23.6. The summed E-state index contributed by atoms with van der Waals surface area (Å²) < 4.78 is 5.19. The molecule has 0 aromatic rings. The van der Waals surface area contributed by atoms with Crippen LogP contribution in [0.4, 0.5) is 0 Å². The molecule has 5 heteroatoms. The molecular weight excluding hydrogens is 376 g/mol. The molecule has 0 fully saturated rings. The van der Waals surface area contributed by atoms with Gasteiger partial charge < -0.3 is 9.84 Å². The van der Waals surface area contributed by atoms with E-state index in [9.17, 15) is 4.79 Å². The maximum atomic E-state index is 11.6. The molecule has 0 heterocycles. The zero-order valence-electron chi connectivity index (χ0n) is 17.2. The first-order chi connectivity index (χ1) is 13.3. The van der Waals surface area contributed by atoms with Gasteiger partial charge in [0, 0.05) is 17.9 Å². The molecule has 27 heavy (non-hydrogen) atoms. The summed E-state index contributed by atoms with van der Waals surface area (Å²) in [5, 5.41) is 8.65. The van der Waals surface area contributed by atoms with Crippen molar-refractivity contribution in [3.05, 3.63) is 24.3 Å². The molecule has 0 bridgehead atoms. The van der Waals surface area contributed by atoms with Crippen LogP contribution >= 0.6 is 21.6 Å². The number of aliphatic hydroxyl groups is 1. The van der Waals surface area contributed by atoms with Crippen molar-refractivity contribution in [3.63, 3.8) is 0 Å². The molecule has 0 saturated carbocycles. The van der Waals surface area contributed by atoms with Gasteiger partial charge in [-0.05, 0) is 38.5 Å². The van der Waals surface area contributed by atoms with Crippen LogP contribution in [-0.4, -0.2) is 35.8 Å². The molecule has 0 aliphatic rings. The lowest BCUT2D eigenvalue weighted by molar-refractivity contribution is -0.143. The zero-order chi connectivity index (χ0) is 19.8. The molecule has 0 radical (unpaired) electrons. The van der Waals surface area contributed by atoms with E-state index in [1.165, 1.54) is 44.9 Å². The lowest BCUT2D eigenvalue weighted by Crippen LogP contribution is -2.06. The molecular formula is C22H40O3S2. The van der Waals surface area contributed by atoms with Crippen molar-refractivity contribution in [3.8, 4) is 0 Å². The number of esters is 1. The fourth-order valence-corrected chi connectivity index (χ4v) is 4.09. The van der Waals surface area contributed by atoms with E-state index in [0.29, 0.717) is 13.0 Å². The van der Waals surface area contributed by atoms with E-state index in [1.807, 2.05) is 0 Å². The van der Waals surface area contributed by atoms with Crippen LogP contribution in [0.25, 0.3) is 0 Å². The number of allylic oxidation sites excluding steroid dienone is 4. The Labute approximate surface area is 175 Å². The van der Waals surface area contributed by atoms with Gasteiger partial charge in [0.05, 0.1) is 6.61 Å². The number of carbonyl (C=O) groups excluding carboxylic acids is 1. The van der Waals surface area contributed by atoms with Crippen LogP contribution < -0.4 is 0 Å². The zero-order valence-corrected chi connectivity index (χ0v) is 18.8. The van der Waals surface area contributed by atoms with Crippen LogP contribution in [0, 0.1) is 0 Å². The van der Waals surface area contributed by atoms with Crippen molar-refractivity contribution in [1.82, 2.24) is 0 Å². The van der Waals surface area contributed by atoms with Gasteiger partial charge in [-0.3, -0.25) is 4.79 Å². The minimum absolute atomic E-state index is 0.0755. The number of hydrogen-bond acceptors (Lipinski definition) is 5. The van der Waals surface area contributed by atoms with Gasteiger partial charge in [-0.2, -0.15) is 0 Å². The molecule has 3 nitrogen and oxygen atoms in total. The highest BCUT2D eigenvalue weighted by Crippen LogP contribution is 2.19. The molecule has 0 aliphatic carbocycles. The Morgan fingerprint density at radius 1 is 0.852 bits per heavy atom. The summed E-state index contributed by atoms with van der Waals surface area (Å²) >= 11 is 0. The minimum Gasteiger partial charge on any atom is -0.465 e. The maximum Gasteiger partial charge on any atom is 0.305 e. The molecule has 0 unspecified atom stereocenters. The predicted octanol–water partition coefficient (Wildman–Crippen LogP) is 6.72. The minimum atomic E-state index is -0.0755. The number of ether oxygens (including phenoxy) is 1. The molecule has 0 aromatic heterocycles. The summed E-state index contributed by atoms with van der Waals surface area (Å²) in [7, 11) is 3.25. The van der Waals surface area contributed by atoms with Gasteiger partial charge in [0.15, 0.2) is 0 Å². The third-order valence-electron chi connectivity index (χ3n) is 4.02. The highest BCUT2D eigenvalue weighted by atomic mass is 33.1. The quantitative estimate of drug-likeness (QED) is 0.103. The smallest absolute Gasteiger partial charge is 0.305 e. The number of carbonyl (C=O) groups is 1. The molecule has 0 aromatic carbocycles. The largest absolute Gasteiger partial charge is 0.465 e. The summed E-state index contributed by atoms with van der Waals surface area (Å²) in [5.41, 5.74) is 0. The lowest BCUT2D eigenvalue weighted by atomic mass is 10.1. The van der Waals surface area contributed by atoms with Crippen molar-refractivity contribution in [2.75, 3.05) is 24.7 Å². The predicted molar refractivity (Wildman–Crippen MR) is 122 cm³/mol. The van der Waals surface area contributed by atoms with Crippen LogP contribution in [-0.2, 0) is 9.53 Å². The lowest BCUT2D eigenvalue weighted by Gasteiger charge is -2.04. The first-order valence-corrected chi connectivity index (χ1v) is 13.1. The molecule has 0 aliphatic heterocycles. The summed E-state index contributed by atoms with van der Waals surface area (Å²) in [4.78, 5) is 11.6.